The maximum absolute atomic E-state index is 8.39. The zero-order chi connectivity index (χ0) is 13.4. The molecule has 0 spiro atoms. The molecule has 1 aromatic rings. The monoisotopic (exact) mass is 313 g/mol. The summed E-state index contributed by atoms with van der Waals surface area (Å²) in [4.78, 5) is 0. The lowest BCUT2D eigenvalue weighted by Crippen LogP contribution is -2.20. The van der Waals surface area contributed by atoms with E-state index in [-0.39, 0.29) is 0 Å². The Morgan fingerprint density at radius 3 is 2.67 bits per heavy atom. The second-order valence-corrected chi connectivity index (χ2v) is 5.19. The van der Waals surface area contributed by atoms with Crippen LogP contribution in [0.4, 0.5) is 0 Å². The van der Waals surface area contributed by atoms with Crippen molar-refractivity contribution in [2.45, 2.75) is 32.2 Å². The van der Waals surface area contributed by atoms with Gasteiger partial charge in [-0.05, 0) is 44.0 Å². The quantitative estimate of drug-likeness (QED) is 0.238. The van der Waals surface area contributed by atoms with Crippen molar-refractivity contribution in [3.63, 3.8) is 0 Å². The van der Waals surface area contributed by atoms with Gasteiger partial charge in [-0.15, -0.1) is 0 Å². The molecule has 0 aromatic heterocycles. The number of oxime groups is 1. The number of unbranched alkanes of at least 4 members (excludes halogenated alkanes) is 1. The molecule has 1 atom stereocenters. The Kier molecular flexibility index (Phi) is 6.75. The molecule has 0 amide bonds. The third-order valence-electron chi connectivity index (χ3n) is 2.81. The molecule has 0 saturated heterocycles. The Hall–Kier alpha value is -1.07. The van der Waals surface area contributed by atoms with E-state index in [2.05, 4.69) is 45.5 Å². The number of hydrogen-bond acceptors (Lipinski definition) is 3. The Balaban J connectivity index is 2.21. The molecule has 0 saturated carbocycles. The summed E-state index contributed by atoms with van der Waals surface area (Å²) in [5, 5.41) is 14.8. The van der Waals surface area contributed by atoms with Crippen molar-refractivity contribution in [1.82, 2.24) is 5.32 Å². The van der Waals surface area contributed by atoms with Crippen LogP contribution in [-0.4, -0.2) is 17.6 Å². The van der Waals surface area contributed by atoms with Gasteiger partial charge in [-0.3, -0.25) is 0 Å². The maximum Gasteiger partial charge on any atom is 0.139 e. The predicted molar refractivity (Wildman–Crippen MR) is 77.8 cm³/mol. The number of nitrogens with one attached hydrogen (secondary N) is 1. The molecule has 4 nitrogen and oxygen atoms in total. The number of rotatable bonds is 7. The van der Waals surface area contributed by atoms with Crippen LogP contribution in [0.3, 0.4) is 0 Å². The fourth-order valence-corrected chi connectivity index (χ4v) is 1.93. The fourth-order valence-electron chi connectivity index (χ4n) is 1.67. The van der Waals surface area contributed by atoms with Gasteiger partial charge in [-0.2, -0.15) is 0 Å². The van der Waals surface area contributed by atoms with E-state index < -0.39 is 0 Å². The van der Waals surface area contributed by atoms with E-state index in [1.807, 2.05) is 12.1 Å². The molecule has 0 radical (unpaired) electrons. The van der Waals surface area contributed by atoms with Crippen LogP contribution < -0.4 is 11.1 Å². The van der Waals surface area contributed by atoms with Gasteiger partial charge in [0.05, 0.1) is 0 Å². The third kappa shape index (κ3) is 5.51. The van der Waals surface area contributed by atoms with Crippen LogP contribution in [0.15, 0.2) is 33.9 Å². The predicted octanol–water partition coefficient (Wildman–Crippen LogP) is 3.02. The average Bonchev–Trinajstić information content (AvgIpc) is 2.38. The average molecular weight is 314 g/mol. The first-order chi connectivity index (χ1) is 8.63. The lowest BCUT2D eigenvalue weighted by molar-refractivity contribution is 0.316. The van der Waals surface area contributed by atoms with Crippen molar-refractivity contribution in [3.05, 3.63) is 34.3 Å². The van der Waals surface area contributed by atoms with Gasteiger partial charge in [-0.25, -0.2) is 0 Å². The van der Waals surface area contributed by atoms with Crippen LogP contribution >= 0.6 is 15.9 Å². The van der Waals surface area contributed by atoms with Gasteiger partial charge in [0, 0.05) is 16.9 Å². The van der Waals surface area contributed by atoms with Gasteiger partial charge in [0.1, 0.15) is 5.84 Å². The second kappa shape index (κ2) is 8.11. The van der Waals surface area contributed by atoms with E-state index in [1.54, 1.807) is 0 Å². The number of nitrogens with two attached hydrogens (primary N) is 1. The van der Waals surface area contributed by atoms with Crippen molar-refractivity contribution in [2.75, 3.05) is 6.54 Å². The summed E-state index contributed by atoms with van der Waals surface area (Å²) >= 11 is 3.42. The van der Waals surface area contributed by atoms with Crippen LogP contribution in [0, 0.1) is 0 Å². The molecule has 0 aliphatic heterocycles. The Labute approximate surface area is 116 Å². The molecule has 4 N–H and O–H groups in total. The number of hydrogen-bond donors (Lipinski definition) is 3. The summed E-state index contributed by atoms with van der Waals surface area (Å²) in [5.74, 6) is 0.302. The van der Waals surface area contributed by atoms with Crippen molar-refractivity contribution in [2.24, 2.45) is 10.9 Å². The minimum Gasteiger partial charge on any atom is -0.409 e. The minimum atomic E-state index is 0.302. The van der Waals surface area contributed by atoms with Gasteiger partial charge in [0.2, 0.25) is 0 Å². The van der Waals surface area contributed by atoms with Crippen LogP contribution in [0.5, 0.6) is 0 Å². The highest BCUT2D eigenvalue weighted by Crippen LogP contribution is 2.16. The molecule has 1 aromatic carbocycles. The standard InChI is InChI=1S/C13H20BrN3O/c1-10(11-5-7-12(14)8-6-11)16-9-3-2-4-13(15)17-18/h5-8,10,16,18H,2-4,9H2,1H3,(H2,15,17). The van der Waals surface area contributed by atoms with Crippen molar-refractivity contribution >= 4 is 21.8 Å². The fraction of sp³-hybridized carbons (Fsp3) is 0.462. The van der Waals surface area contributed by atoms with Gasteiger partial charge >= 0.3 is 0 Å². The first kappa shape index (κ1) is 15.0. The van der Waals surface area contributed by atoms with Gasteiger partial charge in [-0.1, -0.05) is 33.2 Å². The molecule has 5 heteroatoms. The number of benzene rings is 1. The lowest BCUT2D eigenvalue weighted by atomic mass is 10.1. The summed E-state index contributed by atoms with van der Waals surface area (Å²) in [6.45, 7) is 3.07. The van der Waals surface area contributed by atoms with E-state index in [0.717, 1.165) is 23.9 Å². The van der Waals surface area contributed by atoms with E-state index >= 15 is 0 Å². The minimum absolute atomic E-state index is 0.302. The van der Waals surface area contributed by atoms with Crippen LogP contribution in [-0.2, 0) is 0 Å². The first-order valence-electron chi connectivity index (χ1n) is 6.08. The van der Waals surface area contributed by atoms with Crippen LogP contribution in [0.1, 0.15) is 37.8 Å². The number of nitrogens with zero attached hydrogens (tertiary/aromatic N) is 1. The zero-order valence-corrected chi connectivity index (χ0v) is 12.2. The molecular weight excluding hydrogens is 294 g/mol. The summed E-state index contributed by atoms with van der Waals surface area (Å²) in [6.07, 6.45) is 2.58. The van der Waals surface area contributed by atoms with Crippen LogP contribution in [0.25, 0.3) is 0 Å². The number of amidine groups is 1. The Bertz CT molecular complexity index is 378. The lowest BCUT2D eigenvalue weighted by Gasteiger charge is -2.14. The smallest absolute Gasteiger partial charge is 0.139 e. The molecule has 18 heavy (non-hydrogen) atoms. The number of halogens is 1. The first-order valence-corrected chi connectivity index (χ1v) is 6.88. The Morgan fingerprint density at radius 2 is 2.06 bits per heavy atom. The highest BCUT2D eigenvalue weighted by molar-refractivity contribution is 9.10. The van der Waals surface area contributed by atoms with Gasteiger partial charge in [0.15, 0.2) is 0 Å². The van der Waals surface area contributed by atoms with Crippen molar-refractivity contribution in [3.8, 4) is 0 Å². The SMILES string of the molecule is CC(NCCCCC(N)=NO)c1ccc(Br)cc1. The summed E-state index contributed by atoms with van der Waals surface area (Å²) in [7, 11) is 0. The highest BCUT2D eigenvalue weighted by Gasteiger charge is 2.03. The van der Waals surface area contributed by atoms with Gasteiger partial charge in [0.25, 0.3) is 0 Å². The summed E-state index contributed by atoms with van der Waals surface area (Å²) in [5.41, 5.74) is 6.67. The van der Waals surface area contributed by atoms with Crippen molar-refractivity contribution < 1.29 is 5.21 Å². The topological polar surface area (TPSA) is 70.6 Å². The van der Waals surface area contributed by atoms with E-state index in [9.17, 15) is 0 Å². The van der Waals surface area contributed by atoms with E-state index in [1.165, 1.54) is 5.56 Å². The maximum atomic E-state index is 8.39. The third-order valence-corrected chi connectivity index (χ3v) is 3.34. The molecule has 0 aliphatic rings. The summed E-state index contributed by atoms with van der Waals surface area (Å²) in [6, 6.07) is 8.65. The van der Waals surface area contributed by atoms with Crippen LogP contribution in [0.2, 0.25) is 0 Å². The molecular formula is C13H20BrN3O. The molecule has 0 heterocycles. The molecule has 0 bridgehead atoms. The largest absolute Gasteiger partial charge is 0.409 e. The molecule has 1 unspecified atom stereocenters. The molecule has 100 valence electrons. The van der Waals surface area contributed by atoms with Gasteiger partial charge < -0.3 is 16.3 Å². The Morgan fingerprint density at radius 1 is 1.39 bits per heavy atom. The molecule has 0 aliphatic carbocycles. The molecule has 0 fully saturated rings. The molecule has 1 rings (SSSR count). The highest BCUT2D eigenvalue weighted by atomic mass is 79.9. The second-order valence-electron chi connectivity index (χ2n) is 4.28. The van der Waals surface area contributed by atoms with E-state index in [0.29, 0.717) is 18.3 Å². The zero-order valence-electron chi connectivity index (χ0n) is 10.6. The summed E-state index contributed by atoms with van der Waals surface area (Å²) < 4.78 is 1.09. The normalized spacial score (nSPS) is 13.6. The van der Waals surface area contributed by atoms with Crippen molar-refractivity contribution in [1.29, 1.82) is 0 Å². The van der Waals surface area contributed by atoms with E-state index in [4.69, 9.17) is 10.9 Å².